The SMILES string of the molecule is CC(C)CC(CNC(=O)NCCNC(N)=O)C(=O)O. The molecule has 0 heterocycles. The Balaban J connectivity index is 3.85. The van der Waals surface area contributed by atoms with E-state index in [1.54, 1.807) is 0 Å². The first-order valence-corrected chi connectivity index (χ1v) is 6.10. The summed E-state index contributed by atoms with van der Waals surface area (Å²) >= 11 is 0. The lowest BCUT2D eigenvalue weighted by Crippen LogP contribution is -2.43. The molecule has 1 unspecified atom stereocenters. The van der Waals surface area contributed by atoms with E-state index in [0.29, 0.717) is 6.42 Å². The zero-order valence-electron chi connectivity index (χ0n) is 11.2. The highest BCUT2D eigenvalue weighted by Crippen LogP contribution is 2.10. The maximum Gasteiger partial charge on any atom is 0.314 e. The second kappa shape index (κ2) is 9.01. The molecule has 0 aliphatic carbocycles. The topological polar surface area (TPSA) is 134 Å². The predicted molar refractivity (Wildman–Crippen MR) is 69.6 cm³/mol. The first-order valence-electron chi connectivity index (χ1n) is 6.10. The molecule has 0 aromatic carbocycles. The standard InChI is InChI=1S/C11H22N4O4/c1-7(2)5-8(9(16)17)6-15-11(19)14-4-3-13-10(12)18/h7-8H,3-6H2,1-2H3,(H,16,17)(H3,12,13,18)(H2,14,15,19). The molecule has 0 saturated carbocycles. The Morgan fingerprint density at radius 1 is 1.11 bits per heavy atom. The number of carboxylic acid groups (broad SMARTS) is 1. The van der Waals surface area contributed by atoms with E-state index in [9.17, 15) is 14.4 Å². The normalized spacial score (nSPS) is 11.7. The summed E-state index contributed by atoms with van der Waals surface area (Å²) in [7, 11) is 0. The Hall–Kier alpha value is -1.99. The summed E-state index contributed by atoms with van der Waals surface area (Å²) in [6.45, 7) is 4.35. The van der Waals surface area contributed by atoms with Crippen LogP contribution >= 0.6 is 0 Å². The molecular weight excluding hydrogens is 252 g/mol. The lowest BCUT2D eigenvalue weighted by Gasteiger charge is -2.15. The Morgan fingerprint density at radius 2 is 1.68 bits per heavy atom. The van der Waals surface area contributed by atoms with Crippen molar-refractivity contribution in [2.45, 2.75) is 20.3 Å². The molecule has 6 N–H and O–H groups in total. The van der Waals surface area contributed by atoms with Gasteiger partial charge >= 0.3 is 18.0 Å². The average Bonchev–Trinajstić information content (AvgIpc) is 2.29. The van der Waals surface area contributed by atoms with Gasteiger partial charge in [0.05, 0.1) is 5.92 Å². The number of aliphatic carboxylic acids is 1. The molecule has 0 saturated heterocycles. The first kappa shape index (κ1) is 17.0. The zero-order chi connectivity index (χ0) is 14.8. The Kier molecular flexibility index (Phi) is 8.07. The van der Waals surface area contributed by atoms with Gasteiger partial charge in [-0.05, 0) is 12.3 Å². The van der Waals surface area contributed by atoms with Gasteiger partial charge < -0.3 is 26.8 Å². The summed E-state index contributed by atoms with van der Waals surface area (Å²) in [5.41, 5.74) is 4.84. The van der Waals surface area contributed by atoms with Crippen LogP contribution in [0, 0.1) is 11.8 Å². The lowest BCUT2D eigenvalue weighted by atomic mass is 9.97. The average molecular weight is 274 g/mol. The van der Waals surface area contributed by atoms with Gasteiger partial charge in [0, 0.05) is 19.6 Å². The van der Waals surface area contributed by atoms with Gasteiger partial charge in [-0.2, -0.15) is 0 Å². The van der Waals surface area contributed by atoms with Crippen molar-refractivity contribution < 1.29 is 19.5 Å². The molecule has 0 fully saturated rings. The van der Waals surface area contributed by atoms with E-state index in [0.717, 1.165) is 0 Å². The lowest BCUT2D eigenvalue weighted by molar-refractivity contribution is -0.142. The van der Waals surface area contributed by atoms with Crippen LogP contribution in [0.2, 0.25) is 0 Å². The van der Waals surface area contributed by atoms with Crippen LogP contribution in [0.3, 0.4) is 0 Å². The van der Waals surface area contributed by atoms with Crippen LogP contribution in [0.1, 0.15) is 20.3 Å². The molecule has 8 heteroatoms. The number of rotatable bonds is 8. The van der Waals surface area contributed by atoms with Crippen molar-refractivity contribution in [3.05, 3.63) is 0 Å². The van der Waals surface area contributed by atoms with Gasteiger partial charge in [0.1, 0.15) is 0 Å². The fourth-order valence-electron chi connectivity index (χ4n) is 1.48. The summed E-state index contributed by atoms with van der Waals surface area (Å²) in [6, 6.07) is -1.13. The number of carbonyl (C=O) groups is 3. The van der Waals surface area contributed by atoms with Crippen LogP contribution in [0.4, 0.5) is 9.59 Å². The molecule has 0 aromatic rings. The quantitative estimate of drug-likeness (QED) is 0.388. The number of amides is 4. The molecule has 19 heavy (non-hydrogen) atoms. The van der Waals surface area contributed by atoms with Crippen molar-refractivity contribution in [1.29, 1.82) is 0 Å². The fourth-order valence-corrected chi connectivity index (χ4v) is 1.48. The van der Waals surface area contributed by atoms with Gasteiger partial charge in [-0.15, -0.1) is 0 Å². The Bertz CT molecular complexity index is 320. The van der Waals surface area contributed by atoms with E-state index < -0.39 is 23.9 Å². The highest BCUT2D eigenvalue weighted by molar-refractivity contribution is 5.76. The predicted octanol–water partition coefficient (Wildman–Crippen LogP) is -0.299. The summed E-state index contributed by atoms with van der Waals surface area (Å²) in [6.07, 6.45) is 0.499. The van der Waals surface area contributed by atoms with Crippen molar-refractivity contribution in [2.75, 3.05) is 19.6 Å². The maximum absolute atomic E-state index is 11.3. The highest BCUT2D eigenvalue weighted by atomic mass is 16.4. The minimum absolute atomic E-state index is 0.0720. The molecule has 0 spiro atoms. The van der Waals surface area contributed by atoms with Crippen molar-refractivity contribution >= 4 is 18.0 Å². The van der Waals surface area contributed by atoms with Crippen LogP contribution < -0.4 is 21.7 Å². The van der Waals surface area contributed by atoms with Crippen LogP contribution in [0.5, 0.6) is 0 Å². The summed E-state index contributed by atoms with van der Waals surface area (Å²) < 4.78 is 0. The molecule has 8 nitrogen and oxygen atoms in total. The van der Waals surface area contributed by atoms with Crippen molar-refractivity contribution in [3.8, 4) is 0 Å². The van der Waals surface area contributed by atoms with E-state index in [4.69, 9.17) is 10.8 Å². The molecule has 0 aliphatic heterocycles. The van der Waals surface area contributed by atoms with Crippen LogP contribution in [0.25, 0.3) is 0 Å². The molecule has 0 radical (unpaired) electrons. The van der Waals surface area contributed by atoms with Gasteiger partial charge in [-0.3, -0.25) is 4.79 Å². The second-order valence-electron chi connectivity index (χ2n) is 4.59. The number of hydrogen-bond donors (Lipinski definition) is 5. The highest BCUT2D eigenvalue weighted by Gasteiger charge is 2.19. The zero-order valence-corrected chi connectivity index (χ0v) is 11.2. The third-order valence-electron chi connectivity index (χ3n) is 2.32. The third-order valence-corrected chi connectivity index (χ3v) is 2.32. The second-order valence-corrected chi connectivity index (χ2v) is 4.59. The van der Waals surface area contributed by atoms with E-state index in [1.807, 2.05) is 13.8 Å². The van der Waals surface area contributed by atoms with Gasteiger partial charge in [0.15, 0.2) is 0 Å². The number of carbonyl (C=O) groups excluding carboxylic acids is 2. The molecule has 0 aromatic heterocycles. The van der Waals surface area contributed by atoms with Gasteiger partial charge in [-0.25, -0.2) is 9.59 Å². The van der Waals surface area contributed by atoms with Gasteiger partial charge in [0.2, 0.25) is 0 Å². The van der Waals surface area contributed by atoms with Crippen molar-refractivity contribution in [2.24, 2.45) is 17.6 Å². The van der Waals surface area contributed by atoms with E-state index in [2.05, 4.69) is 16.0 Å². The van der Waals surface area contributed by atoms with Crippen molar-refractivity contribution in [3.63, 3.8) is 0 Å². The number of primary amides is 1. The molecule has 0 rings (SSSR count). The first-order chi connectivity index (χ1) is 8.82. The van der Waals surface area contributed by atoms with E-state index in [-0.39, 0.29) is 25.6 Å². The fraction of sp³-hybridized carbons (Fsp3) is 0.727. The number of carboxylic acids is 1. The number of hydrogen-bond acceptors (Lipinski definition) is 3. The summed E-state index contributed by atoms with van der Waals surface area (Å²) in [4.78, 5) is 32.6. The number of urea groups is 2. The molecule has 0 aliphatic rings. The van der Waals surface area contributed by atoms with E-state index >= 15 is 0 Å². The third kappa shape index (κ3) is 9.69. The Morgan fingerprint density at radius 3 is 2.16 bits per heavy atom. The minimum atomic E-state index is -0.926. The summed E-state index contributed by atoms with van der Waals surface area (Å²) in [5, 5.41) is 16.2. The monoisotopic (exact) mass is 274 g/mol. The molecule has 0 bridgehead atoms. The van der Waals surface area contributed by atoms with Gasteiger partial charge in [-0.1, -0.05) is 13.8 Å². The minimum Gasteiger partial charge on any atom is -0.481 e. The van der Waals surface area contributed by atoms with Crippen LogP contribution in [-0.2, 0) is 4.79 Å². The largest absolute Gasteiger partial charge is 0.481 e. The van der Waals surface area contributed by atoms with Crippen molar-refractivity contribution in [1.82, 2.24) is 16.0 Å². The smallest absolute Gasteiger partial charge is 0.314 e. The number of nitrogens with one attached hydrogen (secondary N) is 3. The van der Waals surface area contributed by atoms with Crippen LogP contribution in [-0.4, -0.2) is 42.8 Å². The van der Waals surface area contributed by atoms with E-state index in [1.165, 1.54) is 0 Å². The molecule has 110 valence electrons. The number of nitrogens with two attached hydrogens (primary N) is 1. The maximum atomic E-state index is 11.3. The molecular formula is C11H22N4O4. The van der Waals surface area contributed by atoms with Gasteiger partial charge in [0.25, 0.3) is 0 Å². The molecule has 1 atom stereocenters. The summed E-state index contributed by atoms with van der Waals surface area (Å²) in [5.74, 6) is -1.29. The van der Waals surface area contributed by atoms with Crippen LogP contribution in [0.15, 0.2) is 0 Å². The Labute approximate surface area is 112 Å². The molecule has 4 amide bonds.